The first-order valence-corrected chi connectivity index (χ1v) is 9.89. The number of carbonyl (C=O) groups excluding carboxylic acids is 1. The minimum Gasteiger partial charge on any atom is -0.368 e. The van der Waals surface area contributed by atoms with Gasteiger partial charge < -0.3 is 9.64 Å². The van der Waals surface area contributed by atoms with Gasteiger partial charge in [0.05, 0.1) is 24.4 Å². The molecule has 1 atom stereocenters. The molecule has 1 fully saturated rings. The van der Waals surface area contributed by atoms with Crippen molar-refractivity contribution in [3.63, 3.8) is 0 Å². The third-order valence-corrected chi connectivity index (χ3v) is 5.10. The van der Waals surface area contributed by atoms with Gasteiger partial charge in [0, 0.05) is 24.7 Å². The van der Waals surface area contributed by atoms with Gasteiger partial charge in [-0.3, -0.25) is 14.6 Å². The zero-order chi connectivity index (χ0) is 22.7. The Morgan fingerprint density at radius 2 is 1.94 bits per heavy atom. The number of aromatic nitrogens is 3. The Morgan fingerprint density at radius 3 is 2.69 bits per heavy atom. The summed E-state index contributed by atoms with van der Waals surface area (Å²) in [6, 6.07) is 13.1. The van der Waals surface area contributed by atoms with E-state index >= 15 is 0 Å². The monoisotopic (exact) mass is 444 g/mol. The number of H-pyrrole nitrogens is 1. The van der Waals surface area contributed by atoms with Crippen molar-refractivity contribution in [2.75, 3.05) is 19.7 Å². The normalized spacial score (nSPS) is 16.7. The quantitative estimate of drug-likeness (QED) is 0.669. The number of nitrogens with zero attached hydrogens (tertiary/aromatic N) is 3. The summed E-state index contributed by atoms with van der Waals surface area (Å²) in [5, 5.41) is 5.99. The third kappa shape index (κ3) is 4.86. The molecule has 3 aromatic rings. The summed E-state index contributed by atoms with van der Waals surface area (Å²) in [5.41, 5.74) is 0.138. The molecule has 0 bridgehead atoms. The highest BCUT2D eigenvalue weighted by Crippen LogP contribution is 2.33. The number of pyridine rings is 1. The van der Waals surface area contributed by atoms with Crippen molar-refractivity contribution in [3.05, 3.63) is 93.2 Å². The number of rotatable bonds is 4. The SMILES string of the molecule is O=C(c1ccc(=O)[nH]n1)N1CCO[C@@H](c2cccc(Cc3ccccc3C(F)(F)F)n2)C1. The molecule has 4 rings (SSSR count). The molecule has 0 unspecified atom stereocenters. The summed E-state index contributed by atoms with van der Waals surface area (Å²) in [5.74, 6) is -0.357. The Balaban J connectivity index is 1.52. The molecule has 1 saturated heterocycles. The maximum atomic E-state index is 13.3. The number of benzene rings is 1. The number of morpholine rings is 1. The minimum absolute atomic E-state index is 0.0141. The predicted octanol–water partition coefficient (Wildman–Crippen LogP) is 2.99. The van der Waals surface area contributed by atoms with E-state index < -0.39 is 23.4 Å². The minimum atomic E-state index is -4.45. The Hall–Kier alpha value is -3.53. The van der Waals surface area contributed by atoms with Crippen LogP contribution >= 0.6 is 0 Å². The molecule has 0 saturated carbocycles. The van der Waals surface area contributed by atoms with Gasteiger partial charge in [0.1, 0.15) is 11.8 Å². The van der Waals surface area contributed by atoms with E-state index in [1.807, 2.05) is 0 Å². The van der Waals surface area contributed by atoms with Gasteiger partial charge >= 0.3 is 6.18 Å². The smallest absolute Gasteiger partial charge is 0.368 e. The molecular weight excluding hydrogens is 425 g/mol. The maximum absolute atomic E-state index is 13.3. The Kier molecular flexibility index (Phi) is 6.04. The lowest BCUT2D eigenvalue weighted by atomic mass is 10.0. The largest absolute Gasteiger partial charge is 0.416 e. The fraction of sp³-hybridized carbons (Fsp3) is 0.273. The lowest BCUT2D eigenvalue weighted by molar-refractivity contribution is -0.138. The first-order chi connectivity index (χ1) is 15.3. The number of amides is 1. The van der Waals surface area contributed by atoms with E-state index in [2.05, 4.69) is 15.2 Å². The van der Waals surface area contributed by atoms with Crippen molar-refractivity contribution >= 4 is 5.91 Å². The van der Waals surface area contributed by atoms with E-state index in [-0.39, 0.29) is 36.7 Å². The summed E-state index contributed by atoms with van der Waals surface area (Å²) in [7, 11) is 0. The molecule has 166 valence electrons. The van der Waals surface area contributed by atoms with Gasteiger partial charge in [0.25, 0.3) is 11.5 Å². The standard InChI is InChI=1S/C22H19F3N4O3/c23-22(24,25)16-6-2-1-4-14(16)12-15-5-3-7-17(26-15)19-13-29(10-11-32-19)21(31)18-8-9-20(30)28-27-18/h1-9,19H,10-13H2,(H,28,30)/t19-/m1/s1. The molecule has 10 heteroatoms. The highest BCUT2D eigenvalue weighted by atomic mass is 19.4. The van der Waals surface area contributed by atoms with Crippen molar-refractivity contribution < 1.29 is 22.7 Å². The van der Waals surface area contributed by atoms with Gasteiger partial charge in [-0.1, -0.05) is 24.3 Å². The Morgan fingerprint density at radius 1 is 1.12 bits per heavy atom. The van der Waals surface area contributed by atoms with Crippen LogP contribution in [0.15, 0.2) is 59.4 Å². The van der Waals surface area contributed by atoms with Crippen molar-refractivity contribution in [3.8, 4) is 0 Å². The average Bonchev–Trinajstić information content (AvgIpc) is 2.79. The van der Waals surface area contributed by atoms with Crippen LogP contribution in [0.3, 0.4) is 0 Å². The van der Waals surface area contributed by atoms with Crippen molar-refractivity contribution in [2.45, 2.75) is 18.7 Å². The number of hydrogen-bond acceptors (Lipinski definition) is 5. The molecular formula is C22H19F3N4O3. The highest BCUT2D eigenvalue weighted by molar-refractivity contribution is 5.92. The maximum Gasteiger partial charge on any atom is 0.416 e. The topological polar surface area (TPSA) is 88.2 Å². The van der Waals surface area contributed by atoms with E-state index in [1.54, 1.807) is 29.2 Å². The van der Waals surface area contributed by atoms with Crippen LogP contribution in [0.5, 0.6) is 0 Å². The van der Waals surface area contributed by atoms with Crippen LogP contribution in [0.4, 0.5) is 13.2 Å². The lowest BCUT2D eigenvalue weighted by Gasteiger charge is -2.32. The van der Waals surface area contributed by atoms with Crippen LogP contribution < -0.4 is 5.56 Å². The Labute approximate surface area is 180 Å². The fourth-order valence-corrected chi connectivity index (χ4v) is 3.56. The molecule has 7 nitrogen and oxygen atoms in total. The molecule has 1 N–H and O–H groups in total. The van der Waals surface area contributed by atoms with Crippen molar-refractivity contribution in [1.29, 1.82) is 0 Å². The summed E-state index contributed by atoms with van der Waals surface area (Å²) in [6.07, 6.45) is -4.97. The van der Waals surface area contributed by atoms with Gasteiger partial charge in [0.2, 0.25) is 0 Å². The number of aromatic amines is 1. The van der Waals surface area contributed by atoms with Crippen LogP contribution in [0, 0.1) is 0 Å². The second-order valence-corrected chi connectivity index (χ2v) is 7.30. The van der Waals surface area contributed by atoms with Gasteiger partial charge in [-0.2, -0.15) is 18.3 Å². The van der Waals surface area contributed by atoms with Crippen molar-refractivity contribution in [2.24, 2.45) is 0 Å². The van der Waals surface area contributed by atoms with Crippen LogP contribution in [-0.2, 0) is 17.3 Å². The van der Waals surface area contributed by atoms with Gasteiger partial charge in [-0.15, -0.1) is 0 Å². The molecule has 1 aliphatic heterocycles. The second kappa shape index (κ2) is 8.91. The molecule has 2 aromatic heterocycles. The zero-order valence-corrected chi connectivity index (χ0v) is 16.8. The van der Waals surface area contributed by atoms with Gasteiger partial charge in [0.15, 0.2) is 0 Å². The van der Waals surface area contributed by atoms with Crippen LogP contribution in [0.2, 0.25) is 0 Å². The summed E-state index contributed by atoms with van der Waals surface area (Å²) >= 11 is 0. The molecule has 0 spiro atoms. The van der Waals surface area contributed by atoms with Crippen LogP contribution in [0.1, 0.15) is 39.1 Å². The molecule has 3 heterocycles. The molecule has 1 amide bonds. The average molecular weight is 444 g/mol. The predicted molar refractivity (Wildman–Crippen MR) is 108 cm³/mol. The number of halogens is 3. The molecule has 1 aliphatic rings. The van der Waals surface area contributed by atoms with Crippen molar-refractivity contribution in [1.82, 2.24) is 20.1 Å². The van der Waals surface area contributed by atoms with E-state index in [4.69, 9.17) is 4.74 Å². The second-order valence-electron chi connectivity index (χ2n) is 7.30. The fourth-order valence-electron chi connectivity index (χ4n) is 3.56. The van der Waals surface area contributed by atoms with Crippen LogP contribution in [0.25, 0.3) is 0 Å². The van der Waals surface area contributed by atoms with E-state index in [9.17, 15) is 22.8 Å². The zero-order valence-electron chi connectivity index (χ0n) is 16.8. The summed E-state index contributed by atoms with van der Waals surface area (Å²) in [6.45, 7) is 0.812. The van der Waals surface area contributed by atoms with Crippen LogP contribution in [-0.4, -0.2) is 45.7 Å². The number of alkyl halides is 3. The number of nitrogens with one attached hydrogen (secondary N) is 1. The van der Waals surface area contributed by atoms with Gasteiger partial charge in [-0.25, -0.2) is 5.10 Å². The van der Waals surface area contributed by atoms with E-state index in [0.29, 0.717) is 17.9 Å². The molecule has 1 aromatic carbocycles. The number of hydrogen-bond donors (Lipinski definition) is 1. The molecule has 0 aliphatic carbocycles. The lowest BCUT2D eigenvalue weighted by Crippen LogP contribution is -2.43. The Bertz CT molecular complexity index is 1160. The van der Waals surface area contributed by atoms with E-state index in [1.165, 1.54) is 24.3 Å². The van der Waals surface area contributed by atoms with E-state index in [0.717, 1.165) is 6.07 Å². The molecule has 32 heavy (non-hydrogen) atoms. The number of ether oxygens (including phenoxy) is 1. The summed E-state index contributed by atoms with van der Waals surface area (Å²) < 4.78 is 45.7. The summed E-state index contributed by atoms with van der Waals surface area (Å²) in [4.78, 5) is 29.9. The van der Waals surface area contributed by atoms with Gasteiger partial charge in [-0.05, 0) is 29.8 Å². The first kappa shape index (κ1) is 21.7. The number of carbonyl (C=O) groups is 1. The highest BCUT2D eigenvalue weighted by Gasteiger charge is 2.33. The molecule has 0 radical (unpaired) electrons. The first-order valence-electron chi connectivity index (χ1n) is 9.89. The third-order valence-electron chi connectivity index (χ3n) is 5.10.